The van der Waals surface area contributed by atoms with Gasteiger partial charge in [-0.3, -0.25) is 8.97 Å². The van der Waals surface area contributed by atoms with Crippen molar-refractivity contribution < 1.29 is 0 Å². The van der Waals surface area contributed by atoms with Crippen molar-refractivity contribution in [3.63, 3.8) is 0 Å². The lowest BCUT2D eigenvalue weighted by Gasteiger charge is -2.10. The van der Waals surface area contributed by atoms with E-state index in [0.29, 0.717) is 5.82 Å². The van der Waals surface area contributed by atoms with Crippen LogP contribution in [0.5, 0.6) is 0 Å². The summed E-state index contributed by atoms with van der Waals surface area (Å²) in [6.45, 7) is 0. The maximum absolute atomic E-state index is 5.18. The van der Waals surface area contributed by atoms with Gasteiger partial charge in [-0.05, 0) is 64.7 Å². The lowest BCUT2D eigenvalue weighted by molar-refractivity contribution is 1.11. The highest BCUT2D eigenvalue weighted by Crippen LogP contribution is 2.35. The third kappa shape index (κ3) is 5.15. The van der Waals surface area contributed by atoms with Gasteiger partial charge >= 0.3 is 0 Å². The summed E-state index contributed by atoms with van der Waals surface area (Å²) < 4.78 is 4.56. The Morgan fingerprint density at radius 2 is 0.808 bits per heavy atom. The van der Waals surface area contributed by atoms with Crippen LogP contribution in [0.25, 0.3) is 89.7 Å². The van der Waals surface area contributed by atoms with Gasteiger partial charge in [0.15, 0.2) is 5.82 Å². The van der Waals surface area contributed by atoms with Crippen molar-refractivity contribution in [2.45, 2.75) is 0 Å². The Bertz CT molecular complexity index is 2800. The molecule has 3 heterocycles. The van der Waals surface area contributed by atoms with Gasteiger partial charge < -0.3 is 0 Å². The molecule has 0 atom stereocenters. The predicted octanol–water partition coefficient (Wildman–Crippen LogP) is 11.6. The zero-order valence-corrected chi connectivity index (χ0v) is 28.1. The Hall–Kier alpha value is -7.11. The first-order chi connectivity index (χ1) is 25.8. The van der Waals surface area contributed by atoms with Gasteiger partial charge in [0.2, 0.25) is 5.78 Å². The molecule has 0 aliphatic rings. The van der Waals surface area contributed by atoms with Crippen LogP contribution < -0.4 is 0 Å². The van der Waals surface area contributed by atoms with Crippen LogP contribution in [0.3, 0.4) is 0 Å². The Labute approximate surface area is 300 Å². The molecular formula is C47H31N5. The molecule has 10 aromatic rings. The topological polar surface area (TPSA) is 48.0 Å². The van der Waals surface area contributed by atoms with E-state index < -0.39 is 0 Å². The molecule has 0 radical (unpaired) electrons. The van der Waals surface area contributed by atoms with E-state index in [-0.39, 0.29) is 0 Å². The lowest BCUT2D eigenvalue weighted by atomic mass is 10.0. The molecule has 244 valence electrons. The highest BCUT2D eigenvalue weighted by molar-refractivity contribution is 5.95. The SMILES string of the molecule is c1ccc(-c2ccc3nc4n(-c5ccccc5)c5ccc(-c6ccc(-c7nc(-c8ccccc8)cc(-c8ccccc8)n7)cc6)cc5n4c3c2)cc1. The molecule has 0 amide bonds. The van der Waals surface area contributed by atoms with E-state index in [0.717, 1.165) is 78.3 Å². The van der Waals surface area contributed by atoms with Crippen LogP contribution in [-0.4, -0.2) is 23.9 Å². The predicted molar refractivity (Wildman–Crippen MR) is 212 cm³/mol. The van der Waals surface area contributed by atoms with Crippen LogP contribution in [0.2, 0.25) is 0 Å². The van der Waals surface area contributed by atoms with E-state index in [9.17, 15) is 0 Å². The fourth-order valence-corrected chi connectivity index (χ4v) is 7.17. The minimum atomic E-state index is 0.697. The second kappa shape index (κ2) is 12.3. The number of benzene rings is 7. The molecular weight excluding hydrogens is 635 g/mol. The molecule has 0 unspecified atom stereocenters. The average molecular weight is 666 g/mol. The van der Waals surface area contributed by atoms with E-state index in [1.54, 1.807) is 0 Å². The summed E-state index contributed by atoms with van der Waals surface area (Å²) in [5.74, 6) is 1.58. The summed E-state index contributed by atoms with van der Waals surface area (Å²) in [7, 11) is 0. The highest BCUT2D eigenvalue weighted by Gasteiger charge is 2.19. The molecule has 0 aliphatic heterocycles. The van der Waals surface area contributed by atoms with Gasteiger partial charge in [0.05, 0.1) is 33.5 Å². The van der Waals surface area contributed by atoms with Crippen LogP contribution in [-0.2, 0) is 0 Å². The Morgan fingerprint density at radius 3 is 1.42 bits per heavy atom. The Morgan fingerprint density at radius 1 is 0.327 bits per heavy atom. The average Bonchev–Trinajstić information content (AvgIpc) is 3.76. The second-order valence-corrected chi connectivity index (χ2v) is 13.0. The largest absolute Gasteiger partial charge is 0.278 e. The molecule has 0 bridgehead atoms. The monoisotopic (exact) mass is 665 g/mol. The van der Waals surface area contributed by atoms with Crippen LogP contribution in [0.1, 0.15) is 0 Å². The first-order valence-corrected chi connectivity index (χ1v) is 17.5. The molecule has 5 heteroatoms. The van der Waals surface area contributed by atoms with Gasteiger partial charge in [-0.2, -0.15) is 0 Å². The van der Waals surface area contributed by atoms with Gasteiger partial charge in [-0.25, -0.2) is 15.0 Å². The van der Waals surface area contributed by atoms with Gasteiger partial charge in [0, 0.05) is 22.4 Å². The number of rotatable bonds is 6. The Kier molecular flexibility index (Phi) is 7.07. The second-order valence-electron chi connectivity index (χ2n) is 13.0. The summed E-state index contributed by atoms with van der Waals surface area (Å²) >= 11 is 0. The first-order valence-electron chi connectivity index (χ1n) is 17.5. The van der Waals surface area contributed by atoms with E-state index in [1.165, 1.54) is 5.56 Å². The highest BCUT2D eigenvalue weighted by atomic mass is 15.2. The van der Waals surface area contributed by atoms with Crippen LogP contribution in [0.4, 0.5) is 0 Å². The third-order valence-electron chi connectivity index (χ3n) is 9.76. The fraction of sp³-hybridized carbons (Fsp3) is 0. The van der Waals surface area contributed by atoms with Crippen molar-refractivity contribution in [1.29, 1.82) is 0 Å². The first kappa shape index (κ1) is 29.8. The number of aromatic nitrogens is 5. The number of nitrogens with zero attached hydrogens (tertiary/aromatic N) is 5. The van der Waals surface area contributed by atoms with Crippen molar-refractivity contribution in [3.8, 4) is 61.8 Å². The molecule has 0 saturated heterocycles. The summed E-state index contributed by atoms with van der Waals surface area (Å²) in [6, 6.07) is 65.5. The third-order valence-corrected chi connectivity index (χ3v) is 9.76. The van der Waals surface area contributed by atoms with Gasteiger partial charge in [-0.15, -0.1) is 0 Å². The smallest absolute Gasteiger partial charge is 0.220 e. The number of para-hydroxylation sites is 1. The van der Waals surface area contributed by atoms with Crippen LogP contribution >= 0.6 is 0 Å². The fourth-order valence-electron chi connectivity index (χ4n) is 7.17. The zero-order chi connectivity index (χ0) is 34.4. The molecule has 0 N–H and O–H groups in total. The van der Waals surface area contributed by atoms with Crippen molar-refractivity contribution in [1.82, 2.24) is 23.9 Å². The summed E-state index contributed by atoms with van der Waals surface area (Å²) in [5.41, 5.74) is 14.8. The van der Waals surface area contributed by atoms with E-state index >= 15 is 0 Å². The number of hydrogen-bond acceptors (Lipinski definition) is 3. The Balaban J connectivity index is 1.11. The summed E-state index contributed by atoms with van der Waals surface area (Å²) in [4.78, 5) is 15.3. The lowest BCUT2D eigenvalue weighted by Crippen LogP contribution is -1.96. The van der Waals surface area contributed by atoms with E-state index in [2.05, 4.69) is 155 Å². The molecule has 3 aromatic heterocycles. The minimum Gasteiger partial charge on any atom is -0.278 e. The van der Waals surface area contributed by atoms with Gasteiger partial charge in [0.25, 0.3) is 0 Å². The zero-order valence-electron chi connectivity index (χ0n) is 28.1. The molecule has 52 heavy (non-hydrogen) atoms. The maximum atomic E-state index is 5.18. The van der Waals surface area contributed by atoms with E-state index in [4.69, 9.17) is 15.0 Å². The molecule has 5 nitrogen and oxygen atoms in total. The molecule has 0 aliphatic carbocycles. The number of hydrogen-bond donors (Lipinski definition) is 0. The van der Waals surface area contributed by atoms with Gasteiger partial charge in [-0.1, -0.05) is 146 Å². The molecule has 0 fully saturated rings. The minimum absolute atomic E-state index is 0.697. The van der Waals surface area contributed by atoms with E-state index in [1.807, 2.05) is 42.5 Å². The molecule has 10 rings (SSSR count). The molecule has 0 spiro atoms. The normalized spacial score (nSPS) is 11.5. The number of imidazole rings is 2. The van der Waals surface area contributed by atoms with Crippen LogP contribution in [0.15, 0.2) is 188 Å². The van der Waals surface area contributed by atoms with Crippen molar-refractivity contribution >= 4 is 27.8 Å². The quantitative estimate of drug-likeness (QED) is 0.178. The van der Waals surface area contributed by atoms with Crippen molar-refractivity contribution in [2.24, 2.45) is 0 Å². The standard InChI is InChI=1S/C47H31N5/c1-5-13-32(14-6-1)37-25-27-40-44(29-37)52-45-30-38(26-28-43(45)51(47(52)50-40)39-19-11-4-12-20-39)33-21-23-36(24-22-33)46-48-41(34-15-7-2-8-16-34)31-42(49-46)35-17-9-3-10-18-35/h1-31H. The summed E-state index contributed by atoms with van der Waals surface area (Å²) in [5, 5.41) is 0. The van der Waals surface area contributed by atoms with Crippen molar-refractivity contribution in [2.75, 3.05) is 0 Å². The van der Waals surface area contributed by atoms with Crippen LogP contribution in [0, 0.1) is 0 Å². The maximum Gasteiger partial charge on any atom is 0.220 e. The molecule has 0 saturated carbocycles. The van der Waals surface area contributed by atoms with Gasteiger partial charge in [0.1, 0.15) is 0 Å². The summed E-state index contributed by atoms with van der Waals surface area (Å²) in [6.07, 6.45) is 0. The molecule has 7 aromatic carbocycles. The van der Waals surface area contributed by atoms with Crippen molar-refractivity contribution in [3.05, 3.63) is 188 Å². The number of fused-ring (bicyclic) bond motifs is 5.